The molecule has 1 aromatic carbocycles. The van der Waals surface area contributed by atoms with Crippen LogP contribution in [0.15, 0.2) is 35.1 Å². The summed E-state index contributed by atoms with van der Waals surface area (Å²) in [5.41, 5.74) is 6.70. The second kappa shape index (κ2) is 4.58. The third-order valence-corrected chi connectivity index (χ3v) is 2.74. The third kappa shape index (κ3) is 2.47. The highest BCUT2D eigenvalue weighted by atomic mass is 79.9. The summed E-state index contributed by atoms with van der Waals surface area (Å²) in [5, 5.41) is 13.2. The van der Waals surface area contributed by atoms with E-state index < -0.39 is 5.97 Å². The zero-order valence-electron chi connectivity index (χ0n) is 8.80. The van der Waals surface area contributed by atoms with Gasteiger partial charge in [-0.15, -0.1) is 0 Å². The summed E-state index contributed by atoms with van der Waals surface area (Å²) in [7, 11) is 0. The number of nitrogens with zero attached hydrogens (tertiary/aromatic N) is 2. The second-order valence-electron chi connectivity index (χ2n) is 3.54. The number of carboxylic acids is 1. The minimum Gasteiger partial charge on any atom is -0.478 e. The molecular weight excluding hydrogens is 286 g/mol. The quantitative estimate of drug-likeness (QED) is 0.849. The van der Waals surface area contributed by atoms with Crippen LogP contribution in [0.3, 0.4) is 0 Å². The van der Waals surface area contributed by atoms with Gasteiger partial charge in [-0.05, 0) is 27.6 Å². The van der Waals surface area contributed by atoms with Gasteiger partial charge in [-0.1, -0.05) is 12.1 Å². The van der Waals surface area contributed by atoms with E-state index in [2.05, 4.69) is 21.0 Å². The Labute approximate surface area is 106 Å². The summed E-state index contributed by atoms with van der Waals surface area (Å²) in [4.78, 5) is 11.1. The maximum atomic E-state index is 11.1. The number of carboxylic acid groups (broad SMARTS) is 1. The van der Waals surface area contributed by atoms with Crippen molar-refractivity contribution in [1.29, 1.82) is 0 Å². The van der Waals surface area contributed by atoms with Crippen LogP contribution in [-0.4, -0.2) is 20.9 Å². The second-order valence-corrected chi connectivity index (χ2v) is 4.46. The molecule has 88 valence electrons. The van der Waals surface area contributed by atoms with E-state index in [0.717, 1.165) is 4.47 Å². The SMILES string of the molecule is Nc1cccc(Cn2cc(Br)cn2)c1C(=O)O. The van der Waals surface area contributed by atoms with E-state index in [9.17, 15) is 4.79 Å². The normalized spacial score (nSPS) is 10.4. The van der Waals surface area contributed by atoms with Crippen molar-refractivity contribution in [2.45, 2.75) is 6.54 Å². The Kier molecular flexibility index (Phi) is 3.14. The molecule has 6 heteroatoms. The minimum atomic E-state index is -1.02. The topological polar surface area (TPSA) is 81.1 Å². The molecule has 0 bridgehead atoms. The highest BCUT2D eigenvalue weighted by Gasteiger charge is 2.13. The number of halogens is 1. The summed E-state index contributed by atoms with van der Waals surface area (Å²) in [6.45, 7) is 0.373. The molecule has 0 unspecified atom stereocenters. The Morgan fingerprint density at radius 1 is 1.53 bits per heavy atom. The van der Waals surface area contributed by atoms with Crippen molar-refractivity contribution in [3.8, 4) is 0 Å². The Balaban J connectivity index is 2.39. The molecule has 17 heavy (non-hydrogen) atoms. The molecule has 0 saturated carbocycles. The van der Waals surface area contributed by atoms with Crippen molar-refractivity contribution in [2.75, 3.05) is 5.73 Å². The number of benzene rings is 1. The molecule has 1 heterocycles. The molecule has 0 aliphatic carbocycles. The van der Waals surface area contributed by atoms with Crippen LogP contribution in [0, 0.1) is 0 Å². The van der Waals surface area contributed by atoms with E-state index in [0.29, 0.717) is 12.1 Å². The zero-order chi connectivity index (χ0) is 12.4. The van der Waals surface area contributed by atoms with E-state index >= 15 is 0 Å². The van der Waals surface area contributed by atoms with Crippen LogP contribution in [0.5, 0.6) is 0 Å². The Bertz CT molecular complexity index is 566. The molecule has 0 aliphatic rings. The van der Waals surface area contributed by atoms with Gasteiger partial charge >= 0.3 is 5.97 Å². The maximum Gasteiger partial charge on any atom is 0.338 e. The van der Waals surface area contributed by atoms with Crippen molar-refractivity contribution in [3.63, 3.8) is 0 Å². The molecule has 0 atom stereocenters. The van der Waals surface area contributed by atoms with Gasteiger partial charge in [-0.3, -0.25) is 4.68 Å². The van der Waals surface area contributed by atoms with E-state index in [1.54, 1.807) is 35.3 Å². The molecular formula is C11H10BrN3O2. The van der Waals surface area contributed by atoms with Crippen molar-refractivity contribution < 1.29 is 9.90 Å². The van der Waals surface area contributed by atoms with Crippen molar-refractivity contribution >= 4 is 27.6 Å². The van der Waals surface area contributed by atoms with Gasteiger partial charge in [0.15, 0.2) is 0 Å². The standard InChI is InChI=1S/C11H10BrN3O2/c12-8-4-14-15(6-8)5-7-2-1-3-9(13)10(7)11(16)17/h1-4,6H,5,13H2,(H,16,17). The first-order chi connectivity index (χ1) is 8.08. The lowest BCUT2D eigenvalue weighted by molar-refractivity contribution is 0.0696. The molecule has 0 aliphatic heterocycles. The van der Waals surface area contributed by atoms with E-state index in [4.69, 9.17) is 10.8 Å². The summed E-state index contributed by atoms with van der Waals surface area (Å²) >= 11 is 3.28. The first-order valence-electron chi connectivity index (χ1n) is 4.86. The minimum absolute atomic E-state index is 0.138. The van der Waals surface area contributed by atoms with Crippen LogP contribution in [0.2, 0.25) is 0 Å². The van der Waals surface area contributed by atoms with Crippen molar-refractivity contribution in [3.05, 3.63) is 46.2 Å². The number of hydrogen-bond donors (Lipinski definition) is 2. The summed E-state index contributed by atoms with van der Waals surface area (Å²) in [5.74, 6) is -1.02. The first-order valence-corrected chi connectivity index (χ1v) is 5.66. The Morgan fingerprint density at radius 2 is 2.29 bits per heavy atom. The monoisotopic (exact) mass is 295 g/mol. The molecule has 0 fully saturated rings. The van der Waals surface area contributed by atoms with Gasteiger partial charge in [-0.2, -0.15) is 5.10 Å². The number of rotatable bonds is 3. The Morgan fingerprint density at radius 3 is 2.88 bits per heavy atom. The average Bonchev–Trinajstić information content (AvgIpc) is 2.63. The predicted octanol–water partition coefficient (Wildman–Crippen LogP) is 1.97. The van der Waals surface area contributed by atoms with Gasteiger partial charge in [0.05, 0.1) is 22.8 Å². The lowest BCUT2D eigenvalue weighted by Gasteiger charge is -2.08. The van der Waals surface area contributed by atoms with Gasteiger partial charge in [0.1, 0.15) is 0 Å². The van der Waals surface area contributed by atoms with E-state index in [1.165, 1.54) is 0 Å². The molecule has 2 aromatic rings. The lowest BCUT2D eigenvalue weighted by Crippen LogP contribution is -2.10. The van der Waals surface area contributed by atoms with Crippen LogP contribution in [0.4, 0.5) is 5.69 Å². The highest BCUT2D eigenvalue weighted by molar-refractivity contribution is 9.10. The van der Waals surface area contributed by atoms with Crippen LogP contribution >= 0.6 is 15.9 Å². The molecule has 2 rings (SSSR count). The molecule has 5 nitrogen and oxygen atoms in total. The smallest absolute Gasteiger partial charge is 0.338 e. The summed E-state index contributed by atoms with van der Waals surface area (Å²) < 4.78 is 2.49. The van der Waals surface area contributed by atoms with Gasteiger partial charge in [0.25, 0.3) is 0 Å². The molecule has 3 N–H and O–H groups in total. The number of aromatic nitrogens is 2. The first kappa shape index (κ1) is 11.7. The van der Waals surface area contributed by atoms with Gasteiger partial charge in [-0.25, -0.2) is 4.79 Å². The van der Waals surface area contributed by atoms with Crippen LogP contribution in [0.25, 0.3) is 0 Å². The van der Waals surface area contributed by atoms with Crippen LogP contribution in [-0.2, 0) is 6.54 Å². The summed E-state index contributed by atoms with van der Waals surface area (Å²) in [6, 6.07) is 5.04. The fourth-order valence-electron chi connectivity index (χ4n) is 1.61. The largest absolute Gasteiger partial charge is 0.478 e. The fourth-order valence-corrected chi connectivity index (χ4v) is 1.94. The number of anilines is 1. The van der Waals surface area contributed by atoms with Gasteiger partial charge in [0, 0.05) is 11.9 Å². The van der Waals surface area contributed by atoms with Crippen molar-refractivity contribution in [1.82, 2.24) is 9.78 Å². The van der Waals surface area contributed by atoms with E-state index in [-0.39, 0.29) is 11.3 Å². The number of aromatic carboxylic acids is 1. The lowest BCUT2D eigenvalue weighted by atomic mass is 10.1. The maximum absolute atomic E-state index is 11.1. The summed E-state index contributed by atoms with van der Waals surface area (Å²) in [6.07, 6.45) is 3.42. The zero-order valence-corrected chi connectivity index (χ0v) is 10.4. The molecule has 1 aromatic heterocycles. The third-order valence-electron chi connectivity index (χ3n) is 2.33. The van der Waals surface area contributed by atoms with Crippen LogP contribution < -0.4 is 5.73 Å². The van der Waals surface area contributed by atoms with Crippen LogP contribution in [0.1, 0.15) is 15.9 Å². The molecule has 0 radical (unpaired) electrons. The van der Waals surface area contributed by atoms with E-state index in [1.807, 2.05) is 0 Å². The molecule has 0 saturated heterocycles. The molecule has 0 amide bonds. The highest BCUT2D eigenvalue weighted by Crippen LogP contribution is 2.18. The fraction of sp³-hybridized carbons (Fsp3) is 0.0909. The number of nitrogens with two attached hydrogens (primary N) is 1. The Hall–Kier alpha value is -1.82. The number of nitrogen functional groups attached to an aromatic ring is 1. The number of hydrogen-bond acceptors (Lipinski definition) is 3. The van der Waals surface area contributed by atoms with Crippen molar-refractivity contribution in [2.24, 2.45) is 0 Å². The van der Waals surface area contributed by atoms with Gasteiger partial charge in [0.2, 0.25) is 0 Å². The van der Waals surface area contributed by atoms with Gasteiger partial charge < -0.3 is 10.8 Å². The molecule has 0 spiro atoms. The number of carbonyl (C=O) groups is 1. The predicted molar refractivity (Wildman–Crippen MR) is 66.8 cm³/mol. The average molecular weight is 296 g/mol.